The summed E-state index contributed by atoms with van der Waals surface area (Å²) in [7, 11) is 0. The number of pyridine rings is 1. The lowest BCUT2D eigenvalue weighted by Crippen LogP contribution is -2.06. The van der Waals surface area contributed by atoms with Crippen molar-refractivity contribution in [2.24, 2.45) is 5.73 Å². The number of ether oxygens (including phenoxy) is 1. The Morgan fingerprint density at radius 3 is 2.52 bits per heavy atom. The molecule has 0 saturated heterocycles. The lowest BCUT2D eigenvalue weighted by atomic mass is 10.2. The minimum absolute atomic E-state index is 0.00949. The Hall–Kier alpha value is -1.89. The molecular weight excluding hydrogens is 317 g/mol. The quantitative estimate of drug-likeness (QED) is 0.673. The number of nitrogens with zero attached hydrogens (tertiary/aromatic N) is 2. The van der Waals surface area contributed by atoms with Crippen LogP contribution in [0.4, 0.5) is 5.69 Å². The van der Waals surface area contributed by atoms with Gasteiger partial charge in [-0.1, -0.05) is 23.2 Å². The van der Waals surface area contributed by atoms with Gasteiger partial charge in [0.2, 0.25) is 5.75 Å². The maximum Gasteiger partial charge on any atom is 0.313 e. The second-order valence-corrected chi connectivity index (χ2v) is 5.12. The van der Waals surface area contributed by atoms with Crippen molar-refractivity contribution < 1.29 is 9.66 Å². The van der Waals surface area contributed by atoms with Gasteiger partial charge in [0.1, 0.15) is 5.75 Å². The van der Waals surface area contributed by atoms with Crippen LogP contribution in [0.2, 0.25) is 10.0 Å². The molecule has 1 aromatic heterocycles. The van der Waals surface area contributed by atoms with Crippen LogP contribution in [0, 0.1) is 10.1 Å². The standard InChI is InChI=1S/C13H11Cl2N3O3/c1-7(16)11-3-2-8(6-17-11)21-13-5-10(15)9(14)4-12(13)18(19)20/h2-7H,16H2,1H3/t7-/m1/s1. The van der Waals surface area contributed by atoms with Crippen LogP contribution in [-0.4, -0.2) is 9.91 Å². The lowest BCUT2D eigenvalue weighted by molar-refractivity contribution is -0.385. The molecule has 1 aromatic carbocycles. The lowest BCUT2D eigenvalue weighted by Gasteiger charge is -2.09. The van der Waals surface area contributed by atoms with Gasteiger partial charge in [-0.15, -0.1) is 0 Å². The average molecular weight is 328 g/mol. The van der Waals surface area contributed by atoms with Crippen LogP contribution < -0.4 is 10.5 Å². The zero-order valence-corrected chi connectivity index (χ0v) is 12.4. The van der Waals surface area contributed by atoms with Gasteiger partial charge in [-0.2, -0.15) is 0 Å². The van der Waals surface area contributed by atoms with E-state index in [1.54, 1.807) is 19.1 Å². The summed E-state index contributed by atoms with van der Waals surface area (Å²) < 4.78 is 5.45. The molecule has 0 unspecified atom stereocenters. The van der Waals surface area contributed by atoms with E-state index in [-0.39, 0.29) is 27.5 Å². The monoisotopic (exact) mass is 327 g/mol. The SMILES string of the molecule is C[C@@H](N)c1ccc(Oc2cc(Cl)c(Cl)cc2[N+](=O)[O-])cn1. The van der Waals surface area contributed by atoms with Crippen molar-refractivity contribution in [1.82, 2.24) is 4.98 Å². The Morgan fingerprint density at radius 1 is 1.33 bits per heavy atom. The smallest absolute Gasteiger partial charge is 0.313 e. The van der Waals surface area contributed by atoms with Crippen molar-refractivity contribution in [3.05, 3.63) is 56.3 Å². The van der Waals surface area contributed by atoms with E-state index in [4.69, 9.17) is 33.7 Å². The van der Waals surface area contributed by atoms with Crippen LogP contribution in [0.15, 0.2) is 30.5 Å². The first-order valence-electron chi connectivity index (χ1n) is 5.91. The molecule has 0 saturated carbocycles. The molecule has 110 valence electrons. The molecule has 21 heavy (non-hydrogen) atoms. The summed E-state index contributed by atoms with van der Waals surface area (Å²) in [5, 5.41) is 11.3. The van der Waals surface area contributed by atoms with Gasteiger partial charge in [0.25, 0.3) is 0 Å². The molecule has 0 aliphatic heterocycles. The summed E-state index contributed by atoms with van der Waals surface area (Å²) in [4.78, 5) is 14.5. The fourth-order valence-electron chi connectivity index (χ4n) is 1.59. The molecule has 6 nitrogen and oxygen atoms in total. The van der Waals surface area contributed by atoms with Crippen molar-refractivity contribution in [1.29, 1.82) is 0 Å². The molecular formula is C13H11Cl2N3O3. The van der Waals surface area contributed by atoms with E-state index in [0.29, 0.717) is 11.4 Å². The van der Waals surface area contributed by atoms with Gasteiger partial charge in [0.05, 0.1) is 26.9 Å². The second kappa shape index (κ2) is 6.26. The zero-order chi connectivity index (χ0) is 15.6. The third kappa shape index (κ3) is 3.60. The normalized spacial score (nSPS) is 12.0. The second-order valence-electron chi connectivity index (χ2n) is 4.30. The Balaban J connectivity index is 2.34. The highest BCUT2D eigenvalue weighted by atomic mass is 35.5. The van der Waals surface area contributed by atoms with Crippen LogP contribution in [0.1, 0.15) is 18.7 Å². The molecule has 2 N–H and O–H groups in total. The molecule has 2 rings (SSSR count). The van der Waals surface area contributed by atoms with Crippen LogP contribution in [0.25, 0.3) is 0 Å². The van der Waals surface area contributed by atoms with Gasteiger partial charge in [-0.3, -0.25) is 15.1 Å². The fraction of sp³-hybridized carbons (Fsp3) is 0.154. The largest absolute Gasteiger partial charge is 0.448 e. The van der Waals surface area contributed by atoms with Crippen molar-refractivity contribution in [3.8, 4) is 11.5 Å². The van der Waals surface area contributed by atoms with Gasteiger partial charge in [0.15, 0.2) is 0 Å². The third-order valence-corrected chi connectivity index (χ3v) is 3.37. The predicted octanol–water partition coefficient (Wildman–Crippen LogP) is 4.11. The average Bonchev–Trinajstić information content (AvgIpc) is 2.43. The summed E-state index contributed by atoms with van der Waals surface area (Å²) >= 11 is 11.6. The maximum atomic E-state index is 11.0. The van der Waals surface area contributed by atoms with E-state index < -0.39 is 4.92 Å². The topological polar surface area (TPSA) is 91.3 Å². The summed E-state index contributed by atoms with van der Waals surface area (Å²) in [5.41, 5.74) is 6.10. The summed E-state index contributed by atoms with van der Waals surface area (Å²) in [6.45, 7) is 1.80. The first-order chi connectivity index (χ1) is 9.88. The van der Waals surface area contributed by atoms with Gasteiger partial charge >= 0.3 is 5.69 Å². The predicted molar refractivity (Wildman–Crippen MR) is 80.0 cm³/mol. The summed E-state index contributed by atoms with van der Waals surface area (Å²) in [6.07, 6.45) is 1.44. The van der Waals surface area contributed by atoms with E-state index in [0.717, 1.165) is 6.07 Å². The first kappa shape index (κ1) is 15.5. The van der Waals surface area contributed by atoms with Crippen LogP contribution >= 0.6 is 23.2 Å². The molecule has 1 atom stereocenters. The van der Waals surface area contributed by atoms with Crippen molar-refractivity contribution >= 4 is 28.9 Å². The Bertz CT molecular complexity index is 675. The number of benzene rings is 1. The Kier molecular flexibility index (Phi) is 4.62. The number of halogens is 2. The molecule has 0 amide bonds. The number of nitro benzene ring substituents is 1. The molecule has 0 bridgehead atoms. The van der Waals surface area contributed by atoms with E-state index >= 15 is 0 Å². The first-order valence-corrected chi connectivity index (χ1v) is 6.67. The highest BCUT2D eigenvalue weighted by molar-refractivity contribution is 6.42. The molecule has 0 fully saturated rings. The highest BCUT2D eigenvalue weighted by Crippen LogP contribution is 2.37. The molecule has 8 heteroatoms. The number of aromatic nitrogens is 1. The van der Waals surface area contributed by atoms with Gasteiger partial charge in [-0.05, 0) is 19.1 Å². The molecule has 0 aliphatic carbocycles. The zero-order valence-electron chi connectivity index (χ0n) is 10.9. The minimum Gasteiger partial charge on any atom is -0.448 e. The number of rotatable bonds is 4. The van der Waals surface area contributed by atoms with Crippen LogP contribution in [0.3, 0.4) is 0 Å². The summed E-state index contributed by atoms with van der Waals surface area (Å²) in [5.74, 6) is 0.325. The maximum absolute atomic E-state index is 11.0. The molecule has 0 radical (unpaired) electrons. The minimum atomic E-state index is -0.596. The Labute approximate surface area is 130 Å². The van der Waals surface area contributed by atoms with Crippen molar-refractivity contribution in [2.45, 2.75) is 13.0 Å². The number of hydrogen-bond donors (Lipinski definition) is 1. The van der Waals surface area contributed by atoms with Crippen molar-refractivity contribution in [3.63, 3.8) is 0 Å². The van der Waals surface area contributed by atoms with Crippen LogP contribution in [0.5, 0.6) is 11.5 Å². The molecule has 2 aromatic rings. The van der Waals surface area contributed by atoms with Gasteiger partial charge < -0.3 is 10.5 Å². The molecule has 0 spiro atoms. The molecule has 1 heterocycles. The van der Waals surface area contributed by atoms with Crippen molar-refractivity contribution in [2.75, 3.05) is 0 Å². The molecule has 0 aliphatic rings. The van der Waals surface area contributed by atoms with Gasteiger partial charge in [-0.25, -0.2) is 0 Å². The number of nitrogens with two attached hydrogens (primary N) is 1. The van der Waals surface area contributed by atoms with Crippen LogP contribution in [-0.2, 0) is 0 Å². The van der Waals surface area contributed by atoms with E-state index in [2.05, 4.69) is 4.98 Å². The van der Waals surface area contributed by atoms with E-state index in [1.165, 1.54) is 12.3 Å². The van der Waals surface area contributed by atoms with E-state index in [1.807, 2.05) is 0 Å². The van der Waals surface area contributed by atoms with Gasteiger partial charge in [0, 0.05) is 18.2 Å². The van der Waals surface area contributed by atoms with E-state index in [9.17, 15) is 10.1 Å². The summed E-state index contributed by atoms with van der Waals surface area (Å²) in [6, 6.07) is 5.53. The number of nitro groups is 1. The third-order valence-electron chi connectivity index (χ3n) is 2.65. The fourth-order valence-corrected chi connectivity index (χ4v) is 1.90. The highest BCUT2D eigenvalue weighted by Gasteiger charge is 2.19. The Morgan fingerprint density at radius 2 is 2.00 bits per heavy atom. The number of hydrogen-bond acceptors (Lipinski definition) is 5.